The first-order valence-electron chi connectivity index (χ1n) is 5.23. The molecule has 1 rings (SSSR count). The largest absolute Gasteiger partial charge is 0.385 e. The van der Waals surface area contributed by atoms with Crippen molar-refractivity contribution >= 4 is 17.2 Å². The Bertz CT molecular complexity index is 338. The molecule has 0 radical (unpaired) electrons. The van der Waals surface area contributed by atoms with Crippen molar-refractivity contribution in [3.8, 4) is 0 Å². The number of carbonyl (C=O) groups excluding carboxylic acids is 1. The first-order valence-corrected chi connectivity index (χ1v) is 6.11. The van der Waals surface area contributed by atoms with Gasteiger partial charge in [-0.25, -0.2) is 0 Å². The minimum Gasteiger partial charge on any atom is -0.385 e. The molecule has 1 amide bonds. The fourth-order valence-electron chi connectivity index (χ4n) is 1.27. The summed E-state index contributed by atoms with van der Waals surface area (Å²) in [5, 5.41) is 5.16. The first kappa shape index (κ1) is 13.2. The summed E-state index contributed by atoms with van der Waals surface area (Å²) in [5.74, 6) is -0.366. The van der Waals surface area contributed by atoms with Gasteiger partial charge in [0.05, 0.1) is 5.56 Å². The zero-order valence-electron chi connectivity index (χ0n) is 9.66. The minimum atomic E-state index is -0.366. The lowest BCUT2D eigenvalue weighted by molar-refractivity contribution is 0.100. The molecular weight excluding hydrogens is 224 g/mol. The van der Waals surface area contributed by atoms with Gasteiger partial charge in [-0.05, 0) is 19.4 Å². The molecule has 0 aliphatic heterocycles. The monoisotopic (exact) mass is 242 g/mol. The van der Waals surface area contributed by atoms with Crippen LogP contribution in [0.5, 0.6) is 0 Å². The fourth-order valence-corrected chi connectivity index (χ4v) is 2.10. The summed E-state index contributed by atoms with van der Waals surface area (Å²) in [6.07, 6.45) is 0.977. The maximum absolute atomic E-state index is 10.9. The third-order valence-corrected chi connectivity index (χ3v) is 3.25. The van der Waals surface area contributed by atoms with Crippen LogP contribution in [-0.2, 0) is 11.3 Å². The van der Waals surface area contributed by atoms with Gasteiger partial charge in [0.1, 0.15) is 0 Å². The summed E-state index contributed by atoms with van der Waals surface area (Å²) < 4.78 is 5.00. The van der Waals surface area contributed by atoms with Gasteiger partial charge in [-0.15, -0.1) is 11.3 Å². The second-order valence-corrected chi connectivity index (χ2v) is 4.73. The lowest BCUT2D eigenvalue weighted by Crippen LogP contribution is -2.26. The maximum atomic E-state index is 10.9. The summed E-state index contributed by atoms with van der Waals surface area (Å²) >= 11 is 1.55. The number of ether oxygens (including phenoxy) is 1. The third-order valence-electron chi connectivity index (χ3n) is 2.32. The predicted molar refractivity (Wildman–Crippen MR) is 65.6 cm³/mol. The number of hydrogen-bond donors (Lipinski definition) is 2. The quantitative estimate of drug-likeness (QED) is 0.759. The van der Waals surface area contributed by atoms with Crippen molar-refractivity contribution in [2.45, 2.75) is 25.9 Å². The molecule has 1 aromatic rings. The molecule has 90 valence electrons. The summed E-state index contributed by atoms with van der Waals surface area (Å²) in [4.78, 5) is 12.0. The molecule has 0 aliphatic carbocycles. The van der Waals surface area contributed by atoms with Crippen molar-refractivity contribution in [2.24, 2.45) is 5.73 Å². The number of amides is 1. The van der Waals surface area contributed by atoms with Gasteiger partial charge in [0.15, 0.2) is 0 Å². The van der Waals surface area contributed by atoms with Crippen LogP contribution >= 0.6 is 11.3 Å². The number of hydrogen-bond acceptors (Lipinski definition) is 4. The number of rotatable bonds is 7. The number of nitrogens with one attached hydrogen (secondary N) is 1. The van der Waals surface area contributed by atoms with Crippen molar-refractivity contribution in [3.05, 3.63) is 21.9 Å². The van der Waals surface area contributed by atoms with Gasteiger partial charge in [-0.1, -0.05) is 0 Å². The van der Waals surface area contributed by atoms with Gasteiger partial charge in [0.2, 0.25) is 5.91 Å². The van der Waals surface area contributed by atoms with Gasteiger partial charge in [0, 0.05) is 36.6 Å². The predicted octanol–water partition coefficient (Wildman–Crippen LogP) is 1.36. The van der Waals surface area contributed by atoms with E-state index in [1.165, 1.54) is 0 Å². The topological polar surface area (TPSA) is 64.3 Å². The average Bonchev–Trinajstić information content (AvgIpc) is 2.72. The van der Waals surface area contributed by atoms with Gasteiger partial charge < -0.3 is 15.8 Å². The Morgan fingerprint density at radius 2 is 2.44 bits per heavy atom. The molecule has 0 saturated heterocycles. The highest BCUT2D eigenvalue weighted by Gasteiger charge is 2.06. The van der Waals surface area contributed by atoms with E-state index < -0.39 is 0 Å². The van der Waals surface area contributed by atoms with Gasteiger partial charge in [-0.3, -0.25) is 4.79 Å². The summed E-state index contributed by atoms with van der Waals surface area (Å²) in [5.41, 5.74) is 5.77. The van der Waals surface area contributed by atoms with Gasteiger partial charge in [0.25, 0.3) is 0 Å². The lowest BCUT2D eigenvalue weighted by Gasteiger charge is -2.11. The molecule has 0 spiro atoms. The van der Waals surface area contributed by atoms with E-state index in [2.05, 4.69) is 12.2 Å². The van der Waals surface area contributed by atoms with E-state index in [0.29, 0.717) is 11.6 Å². The van der Waals surface area contributed by atoms with Gasteiger partial charge in [-0.2, -0.15) is 0 Å². The number of nitrogens with two attached hydrogens (primary N) is 1. The second kappa shape index (κ2) is 6.62. The van der Waals surface area contributed by atoms with E-state index in [9.17, 15) is 4.79 Å². The summed E-state index contributed by atoms with van der Waals surface area (Å²) in [6.45, 7) is 3.63. The van der Waals surface area contributed by atoms with Crippen LogP contribution in [0.3, 0.4) is 0 Å². The van der Waals surface area contributed by atoms with Crippen molar-refractivity contribution in [3.63, 3.8) is 0 Å². The lowest BCUT2D eigenvalue weighted by atomic mass is 10.2. The first-order chi connectivity index (χ1) is 7.63. The van der Waals surface area contributed by atoms with Crippen LogP contribution in [-0.4, -0.2) is 25.7 Å². The molecule has 1 heterocycles. The number of carbonyl (C=O) groups is 1. The van der Waals surface area contributed by atoms with E-state index in [1.54, 1.807) is 23.8 Å². The minimum absolute atomic E-state index is 0.366. The van der Waals surface area contributed by atoms with Crippen LogP contribution in [0.1, 0.15) is 28.6 Å². The highest BCUT2D eigenvalue weighted by molar-refractivity contribution is 7.10. The summed E-state index contributed by atoms with van der Waals surface area (Å²) in [7, 11) is 1.70. The van der Waals surface area contributed by atoms with Crippen LogP contribution in [0.25, 0.3) is 0 Å². The SMILES string of the molecule is COCCC(C)NCc1cc(C(N)=O)cs1. The highest BCUT2D eigenvalue weighted by atomic mass is 32.1. The van der Waals surface area contributed by atoms with Crippen molar-refractivity contribution in [1.29, 1.82) is 0 Å². The molecule has 1 aromatic heterocycles. The molecule has 1 unspecified atom stereocenters. The van der Waals surface area contributed by atoms with Crippen molar-refractivity contribution < 1.29 is 9.53 Å². The van der Waals surface area contributed by atoms with Crippen molar-refractivity contribution in [1.82, 2.24) is 5.32 Å². The summed E-state index contributed by atoms with van der Waals surface area (Å²) in [6, 6.07) is 2.24. The Morgan fingerprint density at radius 3 is 3.00 bits per heavy atom. The Morgan fingerprint density at radius 1 is 1.69 bits per heavy atom. The molecule has 0 fully saturated rings. The zero-order chi connectivity index (χ0) is 12.0. The molecule has 3 N–H and O–H groups in total. The molecule has 4 nitrogen and oxygen atoms in total. The molecule has 16 heavy (non-hydrogen) atoms. The highest BCUT2D eigenvalue weighted by Crippen LogP contribution is 2.14. The number of thiophene rings is 1. The van der Waals surface area contributed by atoms with Crippen molar-refractivity contribution in [2.75, 3.05) is 13.7 Å². The molecule has 0 saturated carbocycles. The zero-order valence-corrected chi connectivity index (χ0v) is 10.5. The van der Waals surface area contributed by atoms with Crippen LogP contribution < -0.4 is 11.1 Å². The van der Waals surface area contributed by atoms with Crippen LogP contribution in [0.2, 0.25) is 0 Å². The molecule has 0 aliphatic rings. The van der Waals surface area contributed by atoms with E-state index in [0.717, 1.165) is 24.4 Å². The molecule has 0 bridgehead atoms. The number of primary amides is 1. The van der Waals surface area contributed by atoms with Crippen LogP contribution in [0.4, 0.5) is 0 Å². The molecule has 1 atom stereocenters. The Labute approximate surface area is 99.8 Å². The normalized spacial score (nSPS) is 12.6. The smallest absolute Gasteiger partial charge is 0.249 e. The second-order valence-electron chi connectivity index (χ2n) is 3.73. The van der Waals surface area contributed by atoms with E-state index >= 15 is 0 Å². The van der Waals surface area contributed by atoms with Crippen LogP contribution in [0, 0.1) is 0 Å². The third kappa shape index (κ3) is 4.30. The Balaban J connectivity index is 2.33. The molecule has 5 heteroatoms. The van der Waals surface area contributed by atoms with Crippen LogP contribution in [0.15, 0.2) is 11.4 Å². The fraction of sp³-hybridized carbons (Fsp3) is 0.545. The average molecular weight is 242 g/mol. The number of methoxy groups -OCH3 is 1. The van der Waals surface area contributed by atoms with Gasteiger partial charge >= 0.3 is 0 Å². The Kier molecular flexibility index (Phi) is 5.45. The standard InChI is InChI=1S/C11H18N2O2S/c1-8(3-4-15-2)13-6-10-5-9(7-16-10)11(12)14/h5,7-8,13H,3-4,6H2,1-2H3,(H2,12,14). The van der Waals surface area contributed by atoms with E-state index in [-0.39, 0.29) is 5.91 Å². The van der Waals surface area contributed by atoms with E-state index in [1.807, 2.05) is 6.07 Å². The maximum Gasteiger partial charge on any atom is 0.249 e. The van der Waals surface area contributed by atoms with E-state index in [4.69, 9.17) is 10.5 Å². The Hall–Kier alpha value is -0.910. The molecular formula is C11H18N2O2S. The molecule has 0 aromatic carbocycles.